The molecule has 1 aliphatic rings. The van der Waals surface area contributed by atoms with Crippen LogP contribution in [0.2, 0.25) is 0 Å². The van der Waals surface area contributed by atoms with Crippen molar-refractivity contribution in [3.05, 3.63) is 0 Å². The Kier molecular flexibility index (Phi) is 4.98. The van der Waals surface area contributed by atoms with Crippen LogP contribution in [0, 0.1) is 5.41 Å². The molecule has 0 spiro atoms. The highest BCUT2D eigenvalue weighted by atomic mass is 32.2. The first-order chi connectivity index (χ1) is 7.68. The first-order valence-corrected chi connectivity index (χ1v) is 8.18. The van der Waals surface area contributed by atoms with Crippen LogP contribution in [0.5, 0.6) is 0 Å². The van der Waals surface area contributed by atoms with Gasteiger partial charge in [-0.25, -0.2) is 8.42 Å². The number of rotatable bonds is 4. The van der Waals surface area contributed by atoms with Gasteiger partial charge < -0.3 is 10.6 Å². The van der Waals surface area contributed by atoms with Gasteiger partial charge in [0.15, 0.2) is 9.84 Å². The van der Waals surface area contributed by atoms with E-state index in [2.05, 4.69) is 25.7 Å². The minimum atomic E-state index is -2.76. The van der Waals surface area contributed by atoms with Crippen LogP contribution in [0.1, 0.15) is 33.6 Å². The van der Waals surface area contributed by atoms with Crippen molar-refractivity contribution in [1.82, 2.24) is 4.90 Å². The van der Waals surface area contributed by atoms with Crippen molar-refractivity contribution in [3.8, 4) is 0 Å². The second-order valence-corrected chi connectivity index (χ2v) is 8.61. The predicted molar refractivity (Wildman–Crippen MR) is 71.8 cm³/mol. The summed E-state index contributed by atoms with van der Waals surface area (Å²) < 4.78 is 22.5. The van der Waals surface area contributed by atoms with Gasteiger partial charge in [-0.1, -0.05) is 20.8 Å². The molecular weight excluding hydrogens is 236 g/mol. The van der Waals surface area contributed by atoms with Gasteiger partial charge in [0.2, 0.25) is 0 Å². The lowest BCUT2D eigenvalue weighted by atomic mass is 9.87. The lowest BCUT2D eigenvalue weighted by Gasteiger charge is -2.29. The summed E-state index contributed by atoms with van der Waals surface area (Å²) in [6.07, 6.45) is 1.97. The first-order valence-electron chi connectivity index (χ1n) is 6.36. The maximum Gasteiger partial charge on any atom is 0.152 e. The third kappa shape index (κ3) is 6.38. The largest absolute Gasteiger partial charge is 0.328 e. The molecular formula is C12H26N2O2S. The van der Waals surface area contributed by atoms with Gasteiger partial charge in [-0.05, 0) is 24.8 Å². The zero-order valence-corrected chi connectivity index (χ0v) is 12.1. The molecule has 17 heavy (non-hydrogen) atoms. The summed E-state index contributed by atoms with van der Waals surface area (Å²) >= 11 is 0. The molecule has 5 heteroatoms. The second kappa shape index (κ2) is 5.67. The summed E-state index contributed by atoms with van der Waals surface area (Å²) in [4.78, 5) is 2.21. The van der Waals surface area contributed by atoms with E-state index in [4.69, 9.17) is 5.73 Å². The monoisotopic (exact) mass is 262 g/mol. The fourth-order valence-corrected chi connectivity index (χ4v) is 3.49. The van der Waals surface area contributed by atoms with E-state index in [1.807, 2.05) is 0 Å². The number of sulfone groups is 1. The van der Waals surface area contributed by atoms with Crippen LogP contribution < -0.4 is 5.73 Å². The highest BCUT2D eigenvalue weighted by Gasteiger charge is 2.22. The molecule has 0 radical (unpaired) electrons. The van der Waals surface area contributed by atoms with E-state index in [1.54, 1.807) is 0 Å². The van der Waals surface area contributed by atoms with E-state index in [9.17, 15) is 8.42 Å². The van der Waals surface area contributed by atoms with Crippen LogP contribution >= 0.6 is 0 Å². The third-order valence-corrected chi connectivity index (χ3v) is 4.74. The third-order valence-electron chi connectivity index (χ3n) is 3.13. The number of nitrogens with two attached hydrogens (primary N) is 1. The van der Waals surface area contributed by atoms with Crippen molar-refractivity contribution in [2.75, 3.05) is 31.1 Å². The first kappa shape index (κ1) is 14.9. The Morgan fingerprint density at radius 3 is 2.24 bits per heavy atom. The normalized spacial score (nSPS) is 23.5. The molecule has 0 bridgehead atoms. The van der Waals surface area contributed by atoms with Gasteiger partial charge in [0, 0.05) is 19.1 Å². The van der Waals surface area contributed by atoms with Gasteiger partial charge in [0.1, 0.15) is 0 Å². The van der Waals surface area contributed by atoms with Gasteiger partial charge in [-0.15, -0.1) is 0 Å². The Hall–Kier alpha value is -0.130. The van der Waals surface area contributed by atoms with Crippen LogP contribution in [0.4, 0.5) is 0 Å². The van der Waals surface area contributed by atoms with Crippen molar-refractivity contribution in [3.63, 3.8) is 0 Å². The minimum Gasteiger partial charge on any atom is -0.328 e. The maximum atomic E-state index is 11.3. The fraction of sp³-hybridized carbons (Fsp3) is 1.00. The van der Waals surface area contributed by atoms with E-state index >= 15 is 0 Å². The average Bonchev–Trinajstić information content (AvgIpc) is 2.13. The smallest absolute Gasteiger partial charge is 0.152 e. The van der Waals surface area contributed by atoms with E-state index in [0.717, 1.165) is 19.4 Å². The molecule has 4 nitrogen and oxygen atoms in total. The highest BCUT2D eigenvalue weighted by Crippen LogP contribution is 2.21. The topological polar surface area (TPSA) is 63.4 Å². The zero-order chi connectivity index (χ0) is 13.1. The van der Waals surface area contributed by atoms with E-state index in [1.165, 1.54) is 0 Å². The Balaban J connectivity index is 2.24. The van der Waals surface area contributed by atoms with Gasteiger partial charge in [-0.3, -0.25) is 0 Å². The average molecular weight is 262 g/mol. The molecule has 0 aliphatic carbocycles. The molecule has 0 aromatic heterocycles. The van der Waals surface area contributed by atoms with E-state index in [0.29, 0.717) is 24.6 Å². The van der Waals surface area contributed by atoms with Crippen LogP contribution in [-0.4, -0.2) is 50.5 Å². The molecule has 0 aromatic rings. The zero-order valence-electron chi connectivity index (χ0n) is 11.3. The predicted octanol–water partition coefficient (Wildman–Crippen LogP) is 0.870. The molecule has 1 fully saturated rings. The summed E-state index contributed by atoms with van der Waals surface area (Å²) in [7, 11) is -2.76. The van der Waals surface area contributed by atoms with Gasteiger partial charge in [0.25, 0.3) is 0 Å². The fourth-order valence-electron chi connectivity index (χ4n) is 2.21. The molecule has 1 aliphatic heterocycles. The van der Waals surface area contributed by atoms with Crippen molar-refractivity contribution in [2.45, 2.75) is 39.7 Å². The molecule has 1 atom stereocenters. The molecule has 1 rings (SSSR count). The number of hydrogen-bond acceptors (Lipinski definition) is 4. The molecule has 102 valence electrons. The Morgan fingerprint density at radius 1 is 1.24 bits per heavy atom. The number of hydrogen-bond donors (Lipinski definition) is 1. The Bertz CT molecular complexity index is 319. The summed E-state index contributed by atoms with van der Waals surface area (Å²) in [5.74, 6) is 0.614. The van der Waals surface area contributed by atoms with Crippen LogP contribution in [0.3, 0.4) is 0 Å². The van der Waals surface area contributed by atoms with Gasteiger partial charge in [-0.2, -0.15) is 0 Å². The summed E-state index contributed by atoms with van der Waals surface area (Å²) in [6, 6.07) is 0.216. The lowest BCUT2D eigenvalue weighted by molar-refractivity contribution is 0.261. The van der Waals surface area contributed by atoms with Crippen LogP contribution in [0.25, 0.3) is 0 Å². The summed E-state index contributed by atoms with van der Waals surface area (Å²) in [6.45, 7) is 8.85. The van der Waals surface area contributed by atoms with Crippen molar-refractivity contribution >= 4 is 9.84 Å². The summed E-state index contributed by atoms with van der Waals surface area (Å²) in [5, 5.41) is 0. The summed E-state index contributed by atoms with van der Waals surface area (Å²) in [5.41, 5.74) is 6.35. The standard InChI is InChI=1S/C12H26N2O2S/c1-12(2,3)10-11(13)4-5-14-6-8-17(15,16)9-7-14/h11H,4-10,13H2,1-3H3. The van der Waals surface area contributed by atoms with Gasteiger partial charge >= 0.3 is 0 Å². The van der Waals surface area contributed by atoms with Crippen molar-refractivity contribution < 1.29 is 8.42 Å². The molecule has 0 amide bonds. The molecule has 1 unspecified atom stereocenters. The molecule has 0 aromatic carbocycles. The van der Waals surface area contributed by atoms with E-state index in [-0.39, 0.29) is 11.5 Å². The molecule has 2 N–H and O–H groups in total. The quantitative estimate of drug-likeness (QED) is 0.816. The van der Waals surface area contributed by atoms with Crippen LogP contribution in [0.15, 0.2) is 0 Å². The van der Waals surface area contributed by atoms with Crippen molar-refractivity contribution in [1.29, 1.82) is 0 Å². The second-order valence-electron chi connectivity index (χ2n) is 6.31. The lowest BCUT2D eigenvalue weighted by Crippen LogP contribution is -2.42. The number of nitrogens with zero attached hydrogens (tertiary/aromatic N) is 1. The molecule has 0 saturated carbocycles. The highest BCUT2D eigenvalue weighted by molar-refractivity contribution is 7.91. The molecule has 1 saturated heterocycles. The van der Waals surface area contributed by atoms with Gasteiger partial charge in [0.05, 0.1) is 11.5 Å². The SMILES string of the molecule is CC(C)(C)CC(N)CCN1CCS(=O)(=O)CC1. The minimum absolute atomic E-state index is 0.216. The molecule has 1 heterocycles. The Morgan fingerprint density at radius 2 is 1.76 bits per heavy atom. The van der Waals surface area contributed by atoms with Crippen LogP contribution in [-0.2, 0) is 9.84 Å². The van der Waals surface area contributed by atoms with E-state index < -0.39 is 9.84 Å². The van der Waals surface area contributed by atoms with Crippen molar-refractivity contribution in [2.24, 2.45) is 11.1 Å². The Labute approximate surface area is 105 Å². The maximum absolute atomic E-state index is 11.3.